The van der Waals surface area contributed by atoms with Gasteiger partial charge in [0.1, 0.15) is 0 Å². The van der Waals surface area contributed by atoms with Crippen LogP contribution < -0.4 is 0 Å². The fourth-order valence-electron chi connectivity index (χ4n) is 7.79. The van der Waals surface area contributed by atoms with Gasteiger partial charge in [-0.3, -0.25) is 14.4 Å². The minimum absolute atomic E-state index is 0.344. The molecule has 0 aromatic heterocycles. The Bertz CT molecular complexity index is 792. The van der Waals surface area contributed by atoms with Gasteiger partial charge in [-0.25, -0.2) is 0 Å². The number of unbranched alkanes of at least 4 members (excludes halogenated alkanes) is 33. The van der Waals surface area contributed by atoms with Crippen molar-refractivity contribution in [2.45, 2.75) is 329 Å². The Hall–Kier alpha value is -0.876. The van der Waals surface area contributed by atoms with Crippen LogP contribution in [0.4, 0.5) is 0 Å². The molecule has 0 aliphatic carbocycles. The minimum atomic E-state index is -0.654. The van der Waals surface area contributed by atoms with E-state index in [1.807, 2.05) is 0 Å². The summed E-state index contributed by atoms with van der Waals surface area (Å²) in [6.07, 6.45) is 52.0. The molecule has 6 nitrogen and oxygen atoms in total. The van der Waals surface area contributed by atoms with E-state index in [1.165, 1.54) is 212 Å². The van der Waals surface area contributed by atoms with E-state index in [-0.39, 0.29) is 0 Å². The van der Waals surface area contributed by atoms with Gasteiger partial charge < -0.3 is 15.3 Å². The first kappa shape index (κ1) is 69.7. The zero-order chi connectivity index (χ0) is 48.7. The fourth-order valence-corrected chi connectivity index (χ4v) is 7.79. The van der Waals surface area contributed by atoms with Crippen LogP contribution in [0.15, 0.2) is 0 Å². The van der Waals surface area contributed by atoms with Crippen molar-refractivity contribution in [3.05, 3.63) is 0 Å². The van der Waals surface area contributed by atoms with Crippen molar-refractivity contribution in [3.63, 3.8) is 0 Å². The molecule has 0 aliphatic rings. The first-order valence-electron chi connectivity index (χ1n) is 28.0. The second kappa shape index (κ2) is 60.1. The maximum absolute atomic E-state index is 10.3. The molecule has 3 N–H and O–H groups in total. The third-order valence-corrected chi connectivity index (χ3v) is 11.8. The standard InChI is InChI=1S/3C18H36O2.C3H7.Ti/c3*1-17(2)15-13-11-9-7-5-3-4-6-8-10-12-14-16-18(19)20;1-3-2;/h3*17H,3-16H2,1-2H3,(H,19,20);3H,1-2H3;. The topological polar surface area (TPSA) is 112 Å². The quantitative estimate of drug-likeness (QED) is 0.0414. The van der Waals surface area contributed by atoms with Gasteiger partial charge in [-0.2, -0.15) is 0 Å². The molecular formula is C57H115O6Ti. The van der Waals surface area contributed by atoms with Crippen molar-refractivity contribution < 1.29 is 50.1 Å². The molecule has 0 heterocycles. The van der Waals surface area contributed by atoms with Crippen molar-refractivity contribution in [1.29, 1.82) is 0 Å². The summed E-state index contributed by atoms with van der Waals surface area (Å²) in [7, 11) is 0. The molecule has 0 amide bonds. The van der Waals surface area contributed by atoms with Gasteiger partial charge in [0.2, 0.25) is 0 Å². The number of carbonyl (C=O) groups is 3. The van der Waals surface area contributed by atoms with E-state index in [4.69, 9.17) is 15.3 Å². The van der Waals surface area contributed by atoms with Crippen LogP contribution in [0.2, 0.25) is 4.22 Å². The van der Waals surface area contributed by atoms with Crippen LogP contribution >= 0.6 is 0 Å². The molecule has 7 heteroatoms. The van der Waals surface area contributed by atoms with Gasteiger partial charge >= 0.3 is 56.4 Å². The number of hydrogen-bond donors (Lipinski definition) is 3. The second-order valence-corrected chi connectivity index (χ2v) is 22.7. The van der Waals surface area contributed by atoms with Crippen LogP contribution in [0.25, 0.3) is 0 Å². The Morgan fingerprint density at radius 2 is 0.375 bits per heavy atom. The number of hydrogen-bond acceptors (Lipinski definition) is 3. The third kappa shape index (κ3) is 87.9. The van der Waals surface area contributed by atoms with E-state index >= 15 is 0 Å². The van der Waals surface area contributed by atoms with Crippen molar-refractivity contribution in [2.24, 2.45) is 17.8 Å². The molecular weight excluding hydrogens is 828 g/mol. The Morgan fingerprint density at radius 1 is 0.266 bits per heavy atom. The van der Waals surface area contributed by atoms with Crippen LogP contribution in [-0.4, -0.2) is 33.2 Å². The van der Waals surface area contributed by atoms with Crippen LogP contribution in [0.5, 0.6) is 0 Å². The number of rotatable bonds is 45. The molecule has 0 saturated heterocycles. The molecule has 0 aromatic rings. The van der Waals surface area contributed by atoms with Gasteiger partial charge in [0, 0.05) is 19.3 Å². The van der Waals surface area contributed by atoms with Gasteiger partial charge in [-0.1, -0.05) is 273 Å². The summed E-state index contributed by atoms with van der Waals surface area (Å²) in [5.41, 5.74) is 0. The van der Waals surface area contributed by atoms with Gasteiger partial charge in [-0.15, -0.1) is 0 Å². The molecule has 0 spiro atoms. The van der Waals surface area contributed by atoms with Gasteiger partial charge in [-0.05, 0) is 37.0 Å². The van der Waals surface area contributed by atoms with E-state index in [9.17, 15) is 14.4 Å². The van der Waals surface area contributed by atoms with Crippen molar-refractivity contribution in [1.82, 2.24) is 0 Å². The van der Waals surface area contributed by atoms with Crippen LogP contribution in [-0.2, 0) is 34.8 Å². The predicted molar refractivity (Wildman–Crippen MR) is 276 cm³/mol. The van der Waals surface area contributed by atoms with Crippen LogP contribution in [0.3, 0.4) is 0 Å². The molecule has 0 radical (unpaired) electrons. The van der Waals surface area contributed by atoms with E-state index in [0.717, 1.165) is 60.5 Å². The molecule has 0 unspecified atom stereocenters. The molecule has 0 fully saturated rings. The first-order valence-corrected chi connectivity index (χ1v) is 28.9. The van der Waals surface area contributed by atoms with E-state index < -0.39 is 17.9 Å². The molecule has 0 rings (SSSR count). The van der Waals surface area contributed by atoms with E-state index in [0.29, 0.717) is 19.3 Å². The zero-order valence-corrected chi connectivity index (χ0v) is 46.1. The van der Waals surface area contributed by atoms with Crippen molar-refractivity contribution >= 4 is 17.9 Å². The predicted octanol–water partition coefficient (Wildman–Crippen LogP) is 19.9. The number of carboxylic acids is 3. The second-order valence-electron chi connectivity index (χ2n) is 20.9. The molecule has 0 bridgehead atoms. The molecule has 383 valence electrons. The van der Waals surface area contributed by atoms with E-state index in [2.05, 4.69) is 75.8 Å². The summed E-state index contributed by atoms with van der Waals surface area (Å²) in [6.45, 7) is 18.2. The number of aliphatic carboxylic acids is 3. The third-order valence-electron chi connectivity index (χ3n) is 11.8. The summed E-state index contributed by atoms with van der Waals surface area (Å²) < 4.78 is 0.833. The number of carboxylic acid groups (broad SMARTS) is 3. The Kier molecular flexibility index (Phi) is 65.5. The molecule has 0 aromatic carbocycles. The molecule has 0 aliphatic heterocycles. The van der Waals surface area contributed by atoms with Crippen molar-refractivity contribution in [2.75, 3.05) is 0 Å². The summed E-state index contributed by atoms with van der Waals surface area (Å²) >= 11 is 2.17. The average Bonchev–Trinajstić information content (AvgIpc) is 3.21. The maximum atomic E-state index is 10.3. The normalized spacial score (nSPS) is 11.0. The monoisotopic (exact) mass is 944 g/mol. The Balaban J connectivity index is -0.000000404. The average molecular weight is 944 g/mol. The SMILES string of the molecule is CC(C)CCCCCCCCCCCCCCC(=O)O.CC(C)CCCCCCCCCCCCCCC(=O)O.CC(C)CCCCCCCCCCCCCCC(=O)O.C[CH](C)[Ti]. The van der Waals surface area contributed by atoms with Gasteiger partial charge in [0.15, 0.2) is 0 Å². The van der Waals surface area contributed by atoms with Crippen LogP contribution in [0.1, 0.15) is 325 Å². The van der Waals surface area contributed by atoms with E-state index in [1.54, 1.807) is 0 Å². The molecule has 64 heavy (non-hydrogen) atoms. The molecule has 0 atom stereocenters. The summed E-state index contributed by atoms with van der Waals surface area (Å²) in [4.78, 5) is 31.0. The summed E-state index contributed by atoms with van der Waals surface area (Å²) in [5, 5.41) is 25.6. The van der Waals surface area contributed by atoms with Crippen molar-refractivity contribution in [3.8, 4) is 0 Å². The van der Waals surface area contributed by atoms with Gasteiger partial charge in [0.05, 0.1) is 0 Å². The Labute approximate surface area is 413 Å². The molecule has 0 saturated carbocycles. The summed E-state index contributed by atoms with van der Waals surface area (Å²) in [6, 6.07) is 0. The van der Waals surface area contributed by atoms with Crippen LogP contribution in [0, 0.1) is 17.8 Å². The summed E-state index contributed by atoms with van der Waals surface area (Å²) in [5.74, 6) is 0.636. The van der Waals surface area contributed by atoms with Gasteiger partial charge in [0.25, 0.3) is 0 Å². The Morgan fingerprint density at radius 3 is 0.484 bits per heavy atom. The fraction of sp³-hybridized carbons (Fsp3) is 0.947. The first-order chi connectivity index (χ1) is 30.6. The zero-order valence-electron chi connectivity index (χ0n) is 44.6.